The van der Waals surface area contributed by atoms with E-state index in [2.05, 4.69) is 15.2 Å². The highest BCUT2D eigenvalue weighted by molar-refractivity contribution is 5.89. The van der Waals surface area contributed by atoms with E-state index in [0.29, 0.717) is 12.6 Å². The summed E-state index contributed by atoms with van der Waals surface area (Å²) >= 11 is 0. The van der Waals surface area contributed by atoms with E-state index in [1.165, 1.54) is 25.7 Å². The predicted octanol–water partition coefficient (Wildman–Crippen LogP) is 3.64. The lowest BCUT2D eigenvalue weighted by atomic mass is 10.1. The largest absolute Gasteiger partial charge is 0.376 e. The topological polar surface area (TPSA) is 57.7 Å². The van der Waals surface area contributed by atoms with Gasteiger partial charge in [0.15, 0.2) is 0 Å². The summed E-state index contributed by atoms with van der Waals surface area (Å²) in [6, 6.07) is 4.32. The summed E-state index contributed by atoms with van der Waals surface area (Å²) in [6.07, 6.45) is 11.2. The van der Waals surface area contributed by atoms with E-state index in [4.69, 9.17) is 4.74 Å². The van der Waals surface area contributed by atoms with E-state index < -0.39 is 0 Å². The van der Waals surface area contributed by atoms with Gasteiger partial charge in [0, 0.05) is 32.3 Å². The monoisotopic (exact) mass is 358 g/mol. The van der Waals surface area contributed by atoms with E-state index in [-0.39, 0.29) is 12.1 Å². The van der Waals surface area contributed by atoms with Gasteiger partial charge in [0.25, 0.3) is 0 Å². The molecule has 0 radical (unpaired) electrons. The van der Waals surface area contributed by atoms with Crippen LogP contribution in [0.3, 0.4) is 0 Å². The Kier molecular flexibility index (Phi) is 5.58. The maximum Gasteiger partial charge on any atom is 0.322 e. The van der Waals surface area contributed by atoms with Crippen molar-refractivity contribution in [3.63, 3.8) is 0 Å². The predicted molar refractivity (Wildman–Crippen MR) is 103 cm³/mol. The molecule has 1 aromatic rings. The van der Waals surface area contributed by atoms with Gasteiger partial charge in [-0.3, -0.25) is 0 Å². The van der Waals surface area contributed by atoms with Gasteiger partial charge in [-0.05, 0) is 50.7 Å². The Morgan fingerprint density at radius 1 is 1.15 bits per heavy atom. The third kappa shape index (κ3) is 4.11. The molecule has 0 bridgehead atoms. The van der Waals surface area contributed by atoms with Gasteiger partial charge in [-0.25, -0.2) is 9.78 Å². The number of carbonyl (C=O) groups excluding carboxylic acids is 1. The number of rotatable bonds is 5. The summed E-state index contributed by atoms with van der Waals surface area (Å²) in [6.45, 7) is 3.69. The van der Waals surface area contributed by atoms with Crippen LogP contribution < -0.4 is 10.2 Å². The van der Waals surface area contributed by atoms with Crippen molar-refractivity contribution in [2.75, 3.05) is 36.5 Å². The van der Waals surface area contributed by atoms with Gasteiger partial charge >= 0.3 is 6.03 Å². The maximum absolute atomic E-state index is 12.9. The Labute approximate surface area is 155 Å². The SMILES string of the molecule is O=C(Nc1ccc(N2CCCC2)nc1)N(CC1CCCO1)C1CCCC1. The first-order chi connectivity index (χ1) is 12.8. The zero-order valence-corrected chi connectivity index (χ0v) is 15.5. The highest BCUT2D eigenvalue weighted by Crippen LogP contribution is 2.26. The number of nitrogens with one attached hydrogen (secondary N) is 1. The fourth-order valence-electron chi connectivity index (χ4n) is 4.41. The van der Waals surface area contributed by atoms with Crippen LogP contribution in [0.25, 0.3) is 0 Å². The number of aromatic nitrogens is 1. The average molecular weight is 358 g/mol. The Morgan fingerprint density at radius 2 is 1.96 bits per heavy atom. The molecule has 0 spiro atoms. The quantitative estimate of drug-likeness (QED) is 0.873. The highest BCUT2D eigenvalue weighted by Gasteiger charge is 2.30. The molecule has 142 valence electrons. The Balaban J connectivity index is 1.39. The molecule has 3 fully saturated rings. The minimum absolute atomic E-state index is 0.0110. The van der Waals surface area contributed by atoms with E-state index in [0.717, 1.165) is 56.9 Å². The number of urea groups is 1. The molecule has 1 atom stereocenters. The van der Waals surface area contributed by atoms with Gasteiger partial charge in [0.2, 0.25) is 0 Å². The molecule has 2 amide bonds. The lowest BCUT2D eigenvalue weighted by molar-refractivity contribution is 0.0729. The molecule has 2 aliphatic heterocycles. The number of hydrogen-bond donors (Lipinski definition) is 1. The van der Waals surface area contributed by atoms with Crippen molar-refractivity contribution in [1.82, 2.24) is 9.88 Å². The van der Waals surface area contributed by atoms with Crippen LogP contribution in [-0.2, 0) is 4.74 Å². The summed E-state index contributed by atoms with van der Waals surface area (Å²) in [7, 11) is 0. The van der Waals surface area contributed by atoms with E-state index in [9.17, 15) is 4.79 Å². The van der Waals surface area contributed by atoms with Crippen LogP contribution in [0.15, 0.2) is 18.3 Å². The minimum Gasteiger partial charge on any atom is -0.376 e. The molecule has 1 saturated carbocycles. The lowest BCUT2D eigenvalue weighted by Gasteiger charge is -2.31. The van der Waals surface area contributed by atoms with Crippen molar-refractivity contribution in [2.24, 2.45) is 0 Å². The number of hydrogen-bond acceptors (Lipinski definition) is 4. The molecule has 6 heteroatoms. The van der Waals surface area contributed by atoms with Crippen LogP contribution in [0, 0.1) is 0 Å². The molecule has 26 heavy (non-hydrogen) atoms. The molecule has 1 aliphatic carbocycles. The van der Waals surface area contributed by atoms with Gasteiger partial charge in [0.1, 0.15) is 5.82 Å². The molecular weight excluding hydrogens is 328 g/mol. The Morgan fingerprint density at radius 3 is 2.62 bits per heavy atom. The molecule has 1 aromatic heterocycles. The van der Waals surface area contributed by atoms with Crippen molar-refractivity contribution in [3.05, 3.63) is 18.3 Å². The third-order valence-electron chi connectivity index (χ3n) is 5.88. The summed E-state index contributed by atoms with van der Waals surface area (Å²) in [5, 5.41) is 3.06. The highest BCUT2D eigenvalue weighted by atomic mass is 16.5. The van der Waals surface area contributed by atoms with Crippen LogP contribution in [0.4, 0.5) is 16.3 Å². The fraction of sp³-hybridized carbons (Fsp3) is 0.700. The molecule has 1 unspecified atom stereocenters. The number of ether oxygens (including phenoxy) is 1. The normalized spacial score (nSPS) is 23.5. The van der Waals surface area contributed by atoms with Crippen LogP contribution in [-0.4, -0.2) is 54.3 Å². The van der Waals surface area contributed by atoms with Crippen LogP contribution >= 0.6 is 0 Å². The summed E-state index contributed by atoms with van der Waals surface area (Å²) in [4.78, 5) is 21.8. The molecule has 3 aliphatic rings. The van der Waals surface area contributed by atoms with Crippen LogP contribution in [0.1, 0.15) is 51.4 Å². The van der Waals surface area contributed by atoms with E-state index >= 15 is 0 Å². The molecule has 6 nitrogen and oxygen atoms in total. The number of pyridine rings is 1. The molecular formula is C20H30N4O2. The van der Waals surface area contributed by atoms with Crippen LogP contribution in [0.5, 0.6) is 0 Å². The fourth-order valence-corrected chi connectivity index (χ4v) is 4.41. The number of anilines is 2. The number of nitrogens with zero attached hydrogens (tertiary/aromatic N) is 3. The van der Waals surface area contributed by atoms with Gasteiger partial charge in [-0.2, -0.15) is 0 Å². The third-order valence-corrected chi connectivity index (χ3v) is 5.88. The first-order valence-electron chi connectivity index (χ1n) is 10.2. The molecule has 3 heterocycles. The van der Waals surface area contributed by atoms with Gasteiger partial charge in [0.05, 0.1) is 18.0 Å². The smallest absolute Gasteiger partial charge is 0.322 e. The van der Waals surface area contributed by atoms with Crippen molar-refractivity contribution >= 4 is 17.5 Å². The van der Waals surface area contributed by atoms with Crippen LogP contribution in [0.2, 0.25) is 0 Å². The first kappa shape index (κ1) is 17.6. The van der Waals surface area contributed by atoms with Crippen molar-refractivity contribution in [2.45, 2.75) is 63.5 Å². The number of amides is 2. The summed E-state index contributed by atoms with van der Waals surface area (Å²) < 4.78 is 5.78. The van der Waals surface area contributed by atoms with E-state index in [1.54, 1.807) is 6.20 Å². The van der Waals surface area contributed by atoms with Crippen molar-refractivity contribution in [3.8, 4) is 0 Å². The maximum atomic E-state index is 12.9. The van der Waals surface area contributed by atoms with Crippen molar-refractivity contribution < 1.29 is 9.53 Å². The number of carbonyl (C=O) groups is 1. The lowest BCUT2D eigenvalue weighted by Crippen LogP contribution is -2.45. The second-order valence-electron chi connectivity index (χ2n) is 7.76. The molecule has 1 N–H and O–H groups in total. The molecule has 4 rings (SSSR count). The average Bonchev–Trinajstić information content (AvgIpc) is 3.43. The Bertz CT molecular complexity index is 588. The van der Waals surface area contributed by atoms with Gasteiger partial charge < -0.3 is 19.9 Å². The minimum atomic E-state index is -0.0110. The zero-order valence-electron chi connectivity index (χ0n) is 15.5. The first-order valence-corrected chi connectivity index (χ1v) is 10.2. The summed E-state index contributed by atoms with van der Waals surface area (Å²) in [5.74, 6) is 1.01. The van der Waals surface area contributed by atoms with Crippen molar-refractivity contribution in [1.29, 1.82) is 0 Å². The molecule has 2 saturated heterocycles. The van der Waals surface area contributed by atoms with E-state index in [1.807, 2.05) is 17.0 Å². The van der Waals surface area contributed by atoms with Gasteiger partial charge in [-0.1, -0.05) is 12.8 Å². The molecule has 0 aromatic carbocycles. The standard InChI is InChI=1S/C20H30N4O2/c25-20(22-16-9-10-19(21-14-16)23-11-3-4-12-23)24(17-6-1-2-7-17)15-18-8-5-13-26-18/h9-10,14,17-18H,1-8,11-13,15H2,(H,22,25). The zero-order chi connectivity index (χ0) is 17.8. The van der Waals surface area contributed by atoms with Gasteiger partial charge in [-0.15, -0.1) is 0 Å². The summed E-state index contributed by atoms with van der Waals surface area (Å²) in [5.41, 5.74) is 0.772. The second-order valence-corrected chi connectivity index (χ2v) is 7.76. The second kappa shape index (κ2) is 8.25. The Hall–Kier alpha value is -1.82.